The number of rotatable bonds is 5. The highest BCUT2D eigenvalue weighted by Crippen LogP contribution is 2.45. The molecule has 246 valence electrons. The molecule has 5 atom stereocenters. The van der Waals surface area contributed by atoms with Crippen LogP contribution in [0.5, 0.6) is 5.75 Å². The number of hydrogen-bond donors (Lipinski definition) is 1. The zero-order valence-electron chi connectivity index (χ0n) is 25.8. The zero-order valence-corrected chi connectivity index (χ0v) is 27.3. The van der Waals surface area contributed by atoms with Crippen molar-refractivity contribution in [3.05, 3.63) is 75.0 Å². The van der Waals surface area contributed by atoms with Gasteiger partial charge >= 0.3 is 5.97 Å². The van der Waals surface area contributed by atoms with Crippen molar-refractivity contribution >= 4 is 46.5 Å². The first-order valence-corrected chi connectivity index (χ1v) is 16.7. The van der Waals surface area contributed by atoms with E-state index < -0.39 is 11.8 Å². The van der Waals surface area contributed by atoms with Crippen LogP contribution < -0.4 is 14.5 Å². The average Bonchev–Trinajstić information content (AvgIpc) is 3.54. The number of para-hydroxylation sites is 1. The van der Waals surface area contributed by atoms with Gasteiger partial charge in [0.05, 0.1) is 71.9 Å². The van der Waals surface area contributed by atoms with E-state index in [9.17, 15) is 14.7 Å². The molecule has 1 amide bonds. The van der Waals surface area contributed by atoms with Crippen LogP contribution in [-0.4, -0.2) is 80.2 Å². The van der Waals surface area contributed by atoms with Crippen LogP contribution in [0.25, 0.3) is 11.1 Å². The van der Waals surface area contributed by atoms with Crippen molar-refractivity contribution < 1.29 is 33.3 Å². The molecular formula is C35H34Cl2FN3O6. The molecule has 1 saturated carbocycles. The number of amides is 1. The summed E-state index contributed by atoms with van der Waals surface area (Å²) in [7, 11) is 1.29. The number of carbonyl (C=O) groups excluding carboxylic acids is 2. The van der Waals surface area contributed by atoms with Crippen LogP contribution in [0.1, 0.15) is 45.5 Å². The third-order valence-electron chi connectivity index (χ3n) is 10.5. The summed E-state index contributed by atoms with van der Waals surface area (Å²) in [5, 5.41) is 10.6. The van der Waals surface area contributed by atoms with Crippen molar-refractivity contribution in [2.24, 2.45) is 11.8 Å². The van der Waals surface area contributed by atoms with Gasteiger partial charge in [-0.25, -0.2) is 9.18 Å². The first kappa shape index (κ1) is 30.7. The number of anilines is 2. The third kappa shape index (κ3) is 5.12. The SMILES string of the molecule is COC(=O)c1cc(F)c(-c2cccc3c2OCN(C(=O)c2c(Cl)cc(N4CC5CC(O)C5C4)cc2Cl)C3)cc1N1C2CCC1COC2. The van der Waals surface area contributed by atoms with Gasteiger partial charge in [-0.2, -0.15) is 0 Å². The lowest BCUT2D eigenvalue weighted by atomic mass is 9.74. The van der Waals surface area contributed by atoms with Crippen molar-refractivity contribution in [2.45, 2.75) is 44.0 Å². The maximum atomic E-state index is 15.9. The van der Waals surface area contributed by atoms with Gasteiger partial charge in [0.15, 0.2) is 6.73 Å². The summed E-state index contributed by atoms with van der Waals surface area (Å²) in [5.41, 5.74) is 3.31. The van der Waals surface area contributed by atoms with E-state index in [0.29, 0.717) is 47.3 Å². The third-order valence-corrected chi connectivity index (χ3v) is 11.1. The molecule has 4 heterocycles. The fourth-order valence-electron chi connectivity index (χ4n) is 8.08. The highest BCUT2D eigenvalue weighted by atomic mass is 35.5. The molecule has 1 aliphatic carbocycles. The van der Waals surface area contributed by atoms with Crippen LogP contribution >= 0.6 is 23.2 Å². The first-order chi connectivity index (χ1) is 22.7. The quantitative estimate of drug-likeness (QED) is 0.340. The van der Waals surface area contributed by atoms with Crippen LogP contribution in [0.15, 0.2) is 42.5 Å². The zero-order chi connectivity index (χ0) is 32.6. The van der Waals surface area contributed by atoms with Crippen LogP contribution in [0.4, 0.5) is 15.8 Å². The first-order valence-electron chi connectivity index (χ1n) is 16.0. The summed E-state index contributed by atoms with van der Waals surface area (Å²) >= 11 is 13.4. The number of aliphatic hydroxyl groups is 1. The number of aliphatic hydroxyl groups excluding tert-OH is 1. The van der Waals surface area contributed by atoms with Crippen LogP contribution in [-0.2, 0) is 16.0 Å². The number of morpholine rings is 1. The van der Waals surface area contributed by atoms with Gasteiger partial charge in [0, 0.05) is 41.4 Å². The number of hydrogen-bond acceptors (Lipinski definition) is 8. The number of esters is 1. The molecule has 12 heteroatoms. The second kappa shape index (κ2) is 11.8. The number of ether oxygens (including phenoxy) is 3. The smallest absolute Gasteiger partial charge is 0.340 e. The fraction of sp³-hybridized carbons (Fsp3) is 0.429. The van der Waals surface area contributed by atoms with Gasteiger partial charge in [-0.1, -0.05) is 41.4 Å². The number of methoxy groups -OCH3 is 1. The summed E-state index contributed by atoms with van der Waals surface area (Å²) in [5.74, 6) is -0.379. The Morgan fingerprint density at radius 1 is 1.02 bits per heavy atom. The van der Waals surface area contributed by atoms with Gasteiger partial charge < -0.3 is 34.0 Å². The van der Waals surface area contributed by atoms with E-state index in [4.69, 9.17) is 37.4 Å². The lowest BCUT2D eigenvalue weighted by Gasteiger charge is -2.37. The number of halogens is 3. The molecule has 9 nitrogen and oxygen atoms in total. The molecule has 5 aliphatic rings. The van der Waals surface area contributed by atoms with Crippen molar-refractivity contribution in [3.8, 4) is 16.9 Å². The minimum atomic E-state index is -0.603. The van der Waals surface area contributed by atoms with Crippen molar-refractivity contribution in [2.75, 3.05) is 49.9 Å². The Bertz CT molecular complexity index is 1750. The predicted molar refractivity (Wildman–Crippen MR) is 175 cm³/mol. The van der Waals surface area contributed by atoms with Gasteiger partial charge in [-0.15, -0.1) is 0 Å². The number of carbonyl (C=O) groups is 2. The molecule has 3 aromatic carbocycles. The Hall–Kier alpha value is -3.57. The number of fused-ring (bicyclic) bond motifs is 4. The molecule has 1 N–H and O–H groups in total. The van der Waals surface area contributed by atoms with Crippen molar-refractivity contribution in [3.63, 3.8) is 0 Å². The van der Waals surface area contributed by atoms with E-state index in [1.807, 2.05) is 6.07 Å². The van der Waals surface area contributed by atoms with E-state index >= 15 is 4.39 Å². The van der Waals surface area contributed by atoms with E-state index in [0.717, 1.165) is 38.0 Å². The fourth-order valence-corrected chi connectivity index (χ4v) is 8.72. The molecule has 0 aromatic heterocycles. The normalized spacial score (nSPS) is 26.0. The molecule has 4 aliphatic heterocycles. The Balaban J connectivity index is 1.08. The van der Waals surface area contributed by atoms with Gasteiger partial charge in [0.25, 0.3) is 5.91 Å². The largest absolute Gasteiger partial charge is 0.472 e. The Kier molecular flexibility index (Phi) is 7.74. The highest BCUT2D eigenvalue weighted by Gasteiger charge is 2.46. The van der Waals surface area contributed by atoms with E-state index in [-0.39, 0.29) is 64.5 Å². The molecule has 3 aromatic rings. The summed E-state index contributed by atoms with van der Waals surface area (Å²) < 4.78 is 32.8. The maximum Gasteiger partial charge on any atom is 0.340 e. The number of benzene rings is 3. The van der Waals surface area contributed by atoms with Crippen LogP contribution in [0, 0.1) is 17.7 Å². The molecule has 47 heavy (non-hydrogen) atoms. The molecule has 3 saturated heterocycles. The molecule has 4 fully saturated rings. The second-order valence-corrected chi connectivity index (χ2v) is 14.0. The lowest BCUT2D eigenvalue weighted by Crippen LogP contribution is -2.46. The predicted octanol–water partition coefficient (Wildman–Crippen LogP) is 5.76. The van der Waals surface area contributed by atoms with Crippen molar-refractivity contribution in [1.82, 2.24) is 4.90 Å². The maximum absolute atomic E-state index is 15.9. The van der Waals surface area contributed by atoms with E-state index in [1.165, 1.54) is 18.1 Å². The average molecular weight is 683 g/mol. The van der Waals surface area contributed by atoms with Crippen LogP contribution in [0.3, 0.4) is 0 Å². The monoisotopic (exact) mass is 681 g/mol. The molecular weight excluding hydrogens is 648 g/mol. The second-order valence-electron chi connectivity index (χ2n) is 13.2. The van der Waals surface area contributed by atoms with Gasteiger partial charge in [-0.05, 0) is 49.4 Å². The van der Waals surface area contributed by atoms with Crippen LogP contribution in [0.2, 0.25) is 10.0 Å². The van der Waals surface area contributed by atoms with Gasteiger partial charge in [-0.3, -0.25) is 4.79 Å². The summed E-state index contributed by atoms with van der Waals surface area (Å²) in [6, 6.07) is 12.1. The highest BCUT2D eigenvalue weighted by molar-refractivity contribution is 6.40. The van der Waals surface area contributed by atoms with Crippen molar-refractivity contribution in [1.29, 1.82) is 0 Å². The van der Waals surface area contributed by atoms with Gasteiger partial charge in [0.1, 0.15) is 11.6 Å². The molecule has 5 unspecified atom stereocenters. The number of nitrogens with zero attached hydrogens (tertiary/aromatic N) is 3. The molecule has 0 radical (unpaired) electrons. The van der Waals surface area contributed by atoms with E-state index in [2.05, 4.69) is 9.80 Å². The Labute approximate surface area is 281 Å². The lowest BCUT2D eigenvalue weighted by molar-refractivity contribution is -0.00399. The minimum Gasteiger partial charge on any atom is -0.472 e. The summed E-state index contributed by atoms with van der Waals surface area (Å²) in [6.07, 6.45) is 2.38. The molecule has 2 bridgehead atoms. The topological polar surface area (TPSA) is 91.8 Å². The molecule has 8 rings (SSSR count). The minimum absolute atomic E-state index is 0.0852. The van der Waals surface area contributed by atoms with Gasteiger partial charge in [0.2, 0.25) is 0 Å². The molecule has 0 spiro atoms. The standard InChI is InChI=1S/C35H34Cl2FN3O6/c1-45-35(44)25-10-29(38)24(11-30(25)41-20-5-6-21(41)16-46-15-20)23-4-2-3-18-12-40(17-47-33(18)23)34(43)32-27(36)8-22(9-28(32)37)39-13-19-7-31(42)26(19)14-39/h2-4,8-11,19-21,26,31,42H,5-7,12-17H2,1H3. The summed E-state index contributed by atoms with van der Waals surface area (Å²) in [4.78, 5) is 32.4. The Morgan fingerprint density at radius 2 is 1.77 bits per heavy atom. The summed E-state index contributed by atoms with van der Waals surface area (Å²) in [6.45, 7) is 2.74. The Morgan fingerprint density at radius 3 is 2.45 bits per heavy atom. The van der Waals surface area contributed by atoms with E-state index in [1.54, 1.807) is 30.3 Å².